The van der Waals surface area contributed by atoms with Gasteiger partial charge in [0, 0.05) is 38.3 Å². The number of rotatable bonds is 3. The normalized spacial score (nSPS) is 9.41. The summed E-state index contributed by atoms with van der Waals surface area (Å²) >= 11 is 0. The Morgan fingerprint density at radius 3 is 2.14 bits per heavy atom. The molecule has 22 heavy (non-hydrogen) atoms. The Kier molecular flexibility index (Phi) is 6.07. The van der Waals surface area contributed by atoms with Gasteiger partial charge in [0.05, 0.1) is 0 Å². The van der Waals surface area contributed by atoms with E-state index in [0.717, 1.165) is 23.9 Å². The van der Waals surface area contributed by atoms with E-state index in [4.69, 9.17) is 15.6 Å². The number of carboxylic acid groups (broad SMARTS) is 1. The largest absolute Gasteiger partial charge is 0.481 e. The lowest BCUT2D eigenvalue weighted by molar-refractivity contribution is -0.134. The van der Waals surface area contributed by atoms with E-state index in [2.05, 4.69) is 4.98 Å². The van der Waals surface area contributed by atoms with Crippen LogP contribution in [0, 0.1) is 0 Å². The SMILES string of the molecule is CC(=O)O.CN(C)c1ncccc1-c1ccc(C(N)=O)cc1. The Morgan fingerprint density at radius 2 is 1.68 bits per heavy atom. The molecule has 0 aliphatic heterocycles. The van der Waals surface area contributed by atoms with Crippen LogP contribution in [-0.2, 0) is 4.79 Å². The maximum absolute atomic E-state index is 11.0. The third-order valence-corrected chi connectivity index (χ3v) is 2.69. The second-order valence-electron chi connectivity index (χ2n) is 4.73. The molecular formula is C16H19N3O3. The molecule has 6 heteroatoms. The standard InChI is InChI=1S/C14H15N3O.C2H4O2/c1-17(2)14-12(4-3-9-16-14)10-5-7-11(8-6-10)13(15)18;1-2(3)4/h3-9H,1-2H3,(H2,15,18);1H3,(H,3,4). The molecule has 6 nitrogen and oxygen atoms in total. The minimum Gasteiger partial charge on any atom is -0.481 e. The Balaban J connectivity index is 0.000000541. The first-order chi connectivity index (χ1) is 10.3. The van der Waals surface area contributed by atoms with Gasteiger partial charge in [-0.05, 0) is 29.8 Å². The number of carbonyl (C=O) groups excluding carboxylic acids is 1. The summed E-state index contributed by atoms with van der Waals surface area (Å²) in [6.07, 6.45) is 1.76. The van der Waals surface area contributed by atoms with E-state index < -0.39 is 11.9 Å². The topological polar surface area (TPSA) is 96.5 Å². The molecule has 0 aliphatic carbocycles. The molecule has 0 radical (unpaired) electrons. The van der Waals surface area contributed by atoms with Gasteiger partial charge in [0.1, 0.15) is 5.82 Å². The molecule has 2 aromatic rings. The van der Waals surface area contributed by atoms with Gasteiger partial charge in [-0.3, -0.25) is 9.59 Å². The Morgan fingerprint density at radius 1 is 1.14 bits per heavy atom. The fourth-order valence-electron chi connectivity index (χ4n) is 1.79. The summed E-state index contributed by atoms with van der Waals surface area (Å²) in [5, 5.41) is 7.42. The number of benzene rings is 1. The smallest absolute Gasteiger partial charge is 0.300 e. The molecule has 0 spiro atoms. The molecule has 0 unspecified atom stereocenters. The molecular weight excluding hydrogens is 282 g/mol. The van der Waals surface area contributed by atoms with Crippen molar-refractivity contribution in [1.29, 1.82) is 0 Å². The van der Waals surface area contributed by atoms with E-state index in [9.17, 15) is 4.79 Å². The van der Waals surface area contributed by atoms with Crippen molar-refractivity contribution in [2.75, 3.05) is 19.0 Å². The molecule has 0 atom stereocenters. The van der Waals surface area contributed by atoms with Crippen molar-refractivity contribution in [3.05, 3.63) is 48.2 Å². The quantitative estimate of drug-likeness (QED) is 0.904. The highest BCUT2D eigenvalue weighted by Gasteiger charge is 2.08. The molecule has 0 saturated carbocycles. The van der Waals surface area contributed by atoms with Crippen LogP contribution in [0.4, 0.5) is 5.82 Å². The number of pyridine rings is 1. The van der Waals surface area contributed by atoms with Crippen molar-refractivity contribution < 1.29 is 14.7 Å². The first kappa shape index (κ1) is 17.2. The molecule has 0 bridgehead atoms. The molecule has 1 heterocycles. The van der Waals surface area contributed by atoms with Gasteiger partial charge >= 0.3 is 0 Å². The molecule has 3 N–H and O–H groups in total. The van der Waals surface area contributed by atoms with Crippen molar-refractivity contribution in [1.82, 2.24) is 4.98 Å². The van der Waals surface area contributed by atoms with Crippen LogP contribution in [-0.4, -0.2) is 36.1 Å². The summed E-state index contributed by atoms with van der Waals surface area (Å²) in [4.78, 5) is 26.3. The van der Waals surface area contributed by atoms with Crippen LogP contribution in [0.2, 0.25) is 0 Å². The van der Waals surface area contributed by atoms with Crippen LogP contribution in [0.25, 0.3) is 11.1 Å². The summed E-state index contributed by atoms with van der Waals surface area (Å²) in [5.41, 5.74) is 7.77. The summed E-state index contributed by atoms with van der Waals surface area (Å²) in [6, 6.07) is 11.1. The van der Waals surface area contributed by atoms with Crippen LogP contribution in [0.15, 0.2) is 42.6 Å². The zero-order chi connectivity index (χ0) is 16.7. The fourth-order valence-corrected chi connectivity index (χ4v) is 1.79. The van der Waals surface area contributed by atoms with Crippen LogP contribution >= 0.6 is 0 Å². The lowest BCUT2D eigenvalue weighted by Crippen LogP contribution is -2.12. The second kappa shape index (κ2) is 7.78. The number of aromatic nitrogens is 1. The number of nitrogens with two attached hydrogens (primary N) is 1. The van der Waals surface area contributed by atoms with Gasteiger partial charge in [0.2, 0.25) is 5.91 Å². The van der Waals surface area contributed by atoms with E-state index >= 15 is 0 Å². The van der Waals surface area contributed by atoms with Gasteiger partial charge in [-0.1, -0.05) is 12.1 Å². The molecule has 0 aliphatic rings. The summed E-state index contributed by atoms with van der Waals surface area (Å²) in [6.45, 7) is 1.08. The van der Waals surface area contributed by atoms with Crippen LogP contribution < -0.4 is 10.6 Å². The molecule has 2 rings (SSSR count). The highest BCUT2D eigenvalue weighted by atomic mass is 16.4. The Bertz CT molecular complexity index is 648. The number of amides is 1. The maximum Gasteiger partial charge on any atom is 0.300 e. The molecule has 1 aromatic heterocycles. The monoisotopic (exact) mass is 301 g/mol. The third-order valence-electron chi connectivity index (χ3n) is 2.69. The fraction of sp³-hybridized carbons (Fsp3) is 0.188. The average molecular weight is 301 g/mol. The Labute approximate surface area is 129 Å². The minimum absolute atomic E-state index is 0.416. The number of aliphatic carboxylic acids is 1. The van der Waals surface area contributed by atoms with Gasteiger partial charge in [-0.15, -0.1) is 0 Å². The zero-order valence-corrected chi connectivity index (χ0v) is 12.8. The molecule has 1 aromatic carbocycles. The summed E-state index contributed by atoms with van der Waals surface area (Å²) < 4.78 is 0. The van der Waals surface area contributed by atoms with Gasteiger partial charge in [-0.2, -0.15) is 0 Å². The van der Waals surface area contributed by atoms with Crippen molar-refractivity contribution >= 4 is 17.7 Å². The maximum atomic E-state index is 11.0. The third kappa shape index (κ3) is 4.90. The molecule has 116 valence electrons. The number of hydrogen-bond donors (Lipinski definition) is 2. The number of carbonyl (C=O) groups is 2. The highest BCUT2D eigenvalue weighted by Crippen LogP contribution is 2.27. The average Bonchev–Trinajstić information content (AvgIpc) is 2.46. The molecule has 0 fully saturated rings. The van der Waals surface area contributed by atoms with Gasteiger partial charge in [0.15, 0.2) is 0 Å². The zero-order valence-electron chi connectivity index (χ0n) is 12.8. The number of primary amides is 1. The number of hydrogen-bond acceptors (Lipinski definition) is 4. The van der Waals surface area contributed by atoms with E-state index in [-0.39, 0.29) is 0 Å². The first-order valence-electron chi connectivity index (χ1n) is 6.55. The van der Waals surface area contributed by atoms with E-state index in [0.29, 0.717) is 5.56 Å². The van der Waals surface area contributed by atoms with Gasteiger partial charge < -0.3 is 15.7 Å². The Hall–Kier alpha value is -2.89. The highest BCUT2D eigenvalue weighted by molar-refractivity contribution is 5.93. The van der Waals surface area contributed by atoms with E-state index in [1.807, 2.05) is 43.3 Å². The van der Waals surface area contributed by atoms with Crippen molar-refractivity contribution in [2.45, 2.75) is 6.92 Å². The summed E-state index contributed by atoms with van der Waals surface area (Å²) in [5.74, 6) is -0.357. The van der Waals surface area contributed by atoms with E-state index in [1.54, 1.807) is 18.3 Å². The first-order valence-corrected chi connectivity index (χ1v) is 6.55. The molecule has 1 amide bonds. The summed E-state index contributed by atoms with van der Waals surface area (Å²) in [7, 11) is 3.90. The lowest BCUT2D eigenvalue weighted by atomic mass is 10.0. The van der Waals surface area contributed by atoms with Crippen LogP contribution in [0.5, 0.6) is 0 Å². The number of carboxylic acids is 1. The predicted molar refractivity (Wildman–Crippen MR) is 85.8 cm³/mol. The lowest BCUT2D eigenvalue weighted by Gasteiger charge is -2.15. The van der Waals surface area contributed by atoms with Crippen molar-refractivity contribution in [3.8, 4) is 11.1 Å². The molecule has 0 saturated heterocycles. The van der Waals surface area contributed by atoms with Gasteiger partial charge in [-0.25, -0.2) is 4.98 Å². The number of nitrogens with zero attached hydrogens (tertiary/aromatic N) is 2. The predicted octanol–water partition coefficient (Wildman–Crippen LogP) is 2.00. The van der Waals surface area contributed by atoms with Crippen molar-refractivity contribution in [2.24, 2.45) is 5.73 Å². The van der Waals surface area contributed by atoms with E-state index in [1.165, 1.54) is 0 Å². The minimum atomic E-state index is -0.833. The number of anilines is 1. The second-order valence-corrected chi connectivity index (χ2v) is 4.73. The van der Waals surface area contributed by atoms with Crippen LogP contribution in [0.1, 0.15) is 17.3 Å². The van der Waals surface area contributed by atoms with Crippen LogP contribution in [0.3, 0.4) is 0 Å². The van der Waals surface area contributed by atoms with Gasteiger partial charge in [0.25, 0.3) is 5.97 Å². The van der Waals surface area contributed by atoms with Crippen molar-refractivity contribution in [3.63, 3.8) is 0 Å².